The molecule has 0 saturated carbocycles. The van der Waals surface area contributed by atoms with Crippen LogP contribution in [0, 0.1) is 11.3 Å². The van der Waals surface area contributed by atoms with Gasteiger partial charge in [0.15, 0.2) is 0 Å². The SMILES string of the molecule is COC1CNCC1CC(C)(C)C. The van der Waals surface area contributed by atoms with Gasteiger partial charge in [-0.25, -0.2) is 0 Å². The lowest BCUT2D eigenvalue weighted by Gasteiger charge is -2.25. The molecule has 1 N–H and O–H groups in total. The van der Waals surface area contributed by atoms with Crippen LogP contribution in [0.25, 0.3) is 0 Å². The predicted octanol–water partition coefficient (Wildman–Crippen LogP) is 1.66. The molecule has 1 heterocycles. The Hall–Kier alpha value is -0.0800. The Bertz CT molecular complexity index is 139. The second-order valence-electron chi connectivity index (χ2n) is 4.96. The van der Waals surface area contributed by atoms with Gasteiger partial charge in [-0.05, 0) is 17.8 Å². The predicted molar refractivity (Wildman–Crippen MR) is 51.2 cm³/mol. The van der Waals surface area contributed by atoms with Crippen LogP contribution in [0.4, 0.5) is 0 Å². The number of ether oxygens (including phenoxy) is 1. The molecule has 2 nitrogen and oxygen atoms in total. The summed E-state index contributed by atoms with van der Waals surface area (Å²) in [6, 6.07) is 0. The van der Waals surface area contributed by atoms with E-state index in [-0.39, 0.29) is 0 Å². The summed E-state index contributed by atoms with van der Waals surface area (Å²) in [5.41, 5.74) is 0.424. The maximum Gasteiger partial charge on any atom is 0.0736 e. The molecule has 0 bridgehead atoms. The average Bonchev–Trinajstić information content (AvgIpc) is 2.31. The van der Waals surface area contributed by atoms with Gasteiger partial charge in [0.25, 0.3) is 0 Å². The standard InChI is InChI=1S/C10H21NO/c1-10(2,3)5-8-6-11-7-9(8)12-4/h8-9,11H,5-7H2,1-4H3. The molecular formula is C10H21NO. The third kappa shape index (κ3) is 2.76. The molecule has 2 atom stereocenters. The normalized spacial score (nSPS) is 31.0. The Labute approximate surface area is 75.7 Å². The van der Waals surface area contributed by atoms with Crippen LogP contribution in [0.15, 0.2) is 0 Å². The van der Waals surface area contributed by atoms with E-state index < -0.39 is 0 Å². The molecule has 1 aliphatic heterocycles. The average molecular weight is 171 g/mol. The van der Waals surface area contributed by atoms with Crippen LogP contribution in [0.3, 0.4) is 0 Å². The number of methoxy groups -OCH3 is 1. The van der Waals surface area contributed by atoms with E-state index in [1.807, 2.05) is 7.11 Å². The van der Waals surface area contributed by atoms with E-state index in [0.717, 1.165) is 13.1 Å². The highest BCUT2D eigenvalue weighted by atomic mass is 16.5. The van der Waals surface area contributed by atoms with Crippen molar-refractivity contribution in [3.63, 3.8) is 0 Å². The van der Waals surface area contributed by atoms with Crippen molar-refractivity contribution in [3.8, 4) is 0 Å². The van der Waals surface area contributed by atoms with Crippen molar-refractivity contribution in [2.24, 2.45) is 11.3 Å². The molecule has 0 aliphatic carbocycles. The Morgan fingerprint density at radius 3 is 2.50 bits per heavy atom. The van der Waals surface area contributed by atoms with E-state index in [1.165, 1.54) is 6.42 Å². The molecule has 0 spiro atoms. The van der Waals surface area contributed by atoms with Crippen LogP contribution in [0.5, 0.6) is 0 Å². The van der Waals surface area contributed by atoms with Gasteiger partial charge in [0, 0.05) is 20.2 Å². The van der Waals surface area contributed by atoms with Crippen molar-refractivity contribution in [2.75, 3.05) is 20.2 Å². The monoisotopic (exact) mass is 171 g/mol. The van der Waals surface area contributed by atoms with Crippen molar-refractivity contribution in [3.05, 3.63) is 0 Å². The Morgan fingerprint density at radius 1 is 1.33 bits per heavy atom. The molecule has 1 rings (SSSR count). The van der Waals surface area contributed by atoms with Crippen LogP contribution in [-0.2, 0) is 4.74 Å². The van der Waals surface area contributed by atoms with Gasteiger partial charge >= 0.3 is 0 Å². The fourth-order valence-electron chi connectivity index (χ4n) is 1.98. The first kappa shape index (κ1) is 10.0. The Balaban J connectivity index is 2.41. The van der Waals surface area contributed by atoms with Crippen LogP contribution in [-0.4, -0.2) is 26.3 Å². The summed E-state index contributed by atoms with van der Waals surface area (Å²) in [5, 5.41) is 3.37. The fourth-order valence-corrected chi connectivity index (χ4v) is 1.98. The maximum atomic E-state index is 5.41. The van der Waals surface area contributed by atoms with Crippen LogP contribution < -0.4 is 5.32 Å². The van der Waals surface area contributed by atoms with E-state index in [9.17, 15) is 0 Å². The van der Waals surface area contributed by atoms with Crippen molar-refractivity contribution < 1.29 is 4.74 Å². The number of rotatable bonds is 2. The lowest BCUT2D eigenvalue weighted by molar-refractivity contribution is 0.0668. The number of hydrogen-bond acceptors (Lipinski definition) is 2. The van der Waals surface area contributed by atoms with E-state index in [0.29, 0.717) is 17.4 Å². The lowest BCUT2D eigenvalue weighted by atomic mass is 9.83. The molecule has 12 heavy (non-hydrogen) atoms. The van der Waals surface area contributed by atoms with Crippen LogP contribution in [0.2, 0.25) is 0 Å². The molecule has 1 saturated heterocycles. The minimum absolute atomic E-state index is 0.424. The minimum Gasteiger partial charge on any atom is -0.380 e. The van der Waals surface area contributed by atoms with Gasteiger partial charge in [0.2, 0.25) is 0 Å². The summed E-state index contributed by atoms with van der Waals surface area (Å²) in [7, 11) is 1.81. The summed E-state index contributed by atoms with van der Waals surface area (Å²) < 4.78 is 5.41. The van der Waals surface area contributed by atoms with Crippen molar-refractivity contribution in [1.82, 2.24) is 5.32 Å². The molecule has 0 aromatic rings. The first-order valence-corrected chi connectivity index (χ1v) is 4.76. The summed E-state index contributed by atoms with van der Waals surface area (Å²) in [5.74, 6) is 0.704. The van der Waals surface area contributed by atoms with E-state index in [2.05, 4.69) is 26.1 Å². The van der Waals surface area contributed by atoms with Gasteiger partial charge in [0.1, 0.15) is 0 Å². The van der Waals surface area contributed by atoms with Gasteiger partial charge in [-0.1, -0.05) is 20.8 Å². The zero-order chi connectivity index (χ0) is 9.19. The zero-order valence-corrected chi connectivity index (χ0v) is 8.68. The zero-order valence-electron chi connectivity index (χ0n) is 8.68. The first-order chi connectivity index (χ1) is 5.53. The topological polar surface area (TPSA) is 21.3 Å². The molecule has 2 unspecified atom stereocenters. The third-order valence-electron chi connectivity index (χ3n) is 2.46. The van der Waals surface area contributed by atoms with Gasteiger partial charge < -0.3 is 10.1 Å². The quantitative estimate of drug-likeness (QED) is 0.682. The second kappa shape index (κ2) is 3.75. The number of hydrogen-bond donors (Lipinski definition) is 1. The largest absolute Gasteiger partial charge is 0.380 e. The molecule has 2 heteroatoms. The van der Waals surface area contributed by atoms with E-state index in [4.69, 9.17) is 4.74 Å². The van der Waals surface area contributed by atoms with Crippen molar-refractivity contribution in [1.29, 1.82) is 0 Å². The number of nitrogens with one attached hydrogen (secondary N) is 1. The van der Waals surface area contributed by atoms with Gasteiger partial charge in [-0.3, -0.25) is 0 Å². The molecule has 0 aromatic carbocycles. The van der Waals surface area contributed by atoms with Crippen molar-refractivity contribution >= 4 is 0 Å². The smallest absolute Gasteiger partial charge is 0.0736 e. The van der Waals surface area contributed by atoms with E-state index in [1.54, 1.807) is 0 Å². The Morgan fingerprint density at radius 2 is 2.00 bits per heavy atom. The summed E-state index contributed by atoms with van der Waals surface area (Å²) in [4.78, 5) is 0. The summed E-state index contributed by atoms with van der Waals surface area (Å²) in [6.07, 6.45) is 1.68. The molecule has 1 fully saturated rings. The summed E-state index contributed by atoms with van der Waals surface area (Å²) in [6.45, 7) is 9.02. The molecule has 0 amide bonds. The molecule has 0 radical (unpaired) electrons. The van der Waals surface area contributed by atoms with Crippen molar-refractivity contribution in [2.45, 2.75) is 33.3 Å². The highest BCUT2D eigenvalue weighted by Crippen LogP contribution is 2.28. The Kier molecular flexibility index (Phi) is 3.13. The molecule has 0 aromatic heterocycles. The van der Waals surface area contributed by atoms with E-state index >= 15 is 0 Å². The highest BCUT2D eigenvalue weighted by Gasteiger charge is 2.30. The first-order valence-electron chi connectivity index (χ1n) is 4.76. The molecule has 72 valence electrons. The van der Waals surface area contributed by atoms with Crippen LogP contribution >= 0.6 is 0 Å². The van der Waals surface area contributed by atoms with Gasteiger partial charge in [-0.2, -0.15) is 0 Å². The second-order valence-corrected chi connectivity index (χ2v) is 4.96. The fraction of sp³-hybridized carbons (Fsp3) is 1.00. The van der Waals surface area contributed by atoms with Gasteiger partial charge in [0.05, 0.1) is 6.10 Å². The third-order valence-corrected chi connectivity index (χ3v) is 2.46. The molecule has 1 aliphatic rings. The minimum atomic E-state index is 0.424. The summed E-state index contributed by atoms with van der Waals surface area (Å²) >= 11 is 0. The maximum absolute atomic E-state index is 5.41. The lowest BCUT2D eigenvalue weighted by Crippen LogP contribution is -2.25. The molecular weight excluding hydrogens is 150 g/mol. The highest BCUT2D eigenvalue weighted by molar-refractivity contribution is 4.84. The van der Waals surface area contributed by atoms with Gasteiger partial charge in [-0.15, -0.1) is 0 Å². The van der Waals surface area contributed by atoms with Crippen LogP contribution in [0.1, 0.15) is 27.2 Å².